The summed E-state index contributed by atoms with van der Waals surface area (Å²) in [5.41, 5.74) is 0.518. The van der Waals surface area contributed by atoms with Crippen LogP contribution in [0.15, 0.2) is 18.3 Å². The highest BCUT2D eigenvalue weighted by Gasteiger charge is 2.07. The Hall–Kier alpha value is -1.18. The molecule has 0 amide bonds. The van der Waals surface area contributed by atoms with Crippen LogP contribution in [0.4, 0.5) is 0 Å². The summed E-state index contributed by atoms with van der Waals surface area (Å²) in [4.78, 5) is 3.86. The van der Waals surface area contributed by atoms with Gasteiger partial charge in [0.2, 0.25) is 5.88 Å². The summed E-state index contributed by atoms with van der Waals surface area (Å²) in [6.07, 6.45) is 1.53. The molecule has 0 saturated heterocycles. The number of ether oxygens (including phenoxy) is 1. The van der Waals surface area contributed by atoms with E-state index in [0.29, 0.717) is 11.4 Å². The number of methoxy groups -OCH3 is 1. The van der Waals surface area contributed by atoms with Crippen LogP contribution in [0.1, 0.15) is 5.56 Å². The average Bonchev–Trinajstić information content (AvgIpc) is 2.14. The maximum atomic E-state index is 10.5. The molecule has 1 rings (SSSR count). The third-order valence-corrected chi connectivity index (χ3v) is 1.87. The first-order chi connectivity index (χ1) is 6.53. The second-order valence-electron chi connectivity index (χ2n) is 2.43. The minimum Gasteiger partial charge on any atom is -0.481 e. The van der Waals surface area contributed by atoms with Crippen molar-refractivity contribution in [3.8, 4) is 5.88 Å². The molecule has 0 spiro atoms. The smallest absolute Gasteiger partial charge is 0.333 e. The van der Waals surface area contributed by atoms with Gasteiger partial charge in [-0.1, -0.05) is 0 Å². The predicted molar refractivity (Wildman–Crippen MR) is 48.7 cm³/mol. The summed E-state index contributed by atoms with van der Waals surface area (Å²) in [5.74, 6) is 0.316. The Balaban J connectivity index is 2.76. The highest BCUT2D eigenvalue weighted by molar-refractivity contribution is 7.84. The fourth-order valence-corrected chi connectivity index (χ4v) is 1.15. The normalized spacial score (nSPS) is 11.3. The number of nitrogens with two attached hydrogens (primary N) is 1. The molecule has 0 aromatic carbocycles. The Kier molecular flexibility index (Phi) is 3.39. The Morgan fingerprint density at radius 3 is 2.86 bits per heavy atom. The lowest BCUT2D eigenvalue weighted by molar-refractivity contribution is 0.297. The zero-order valence-corrected chi connectivity index (χ0v) is 8.32. The van der Waals surface area contributed by atoms with Crippen molar-refractivity contribution >= 4 is 10.3 Å². The van der Waals surface area contributed by atoms with E-state index in [9.17, 15) is 8.42 Å². The second kappa shape index (κ2) is 4.36. The first-order valence-corrected chi connectivity index (χ1v) is 5.15. The van der Waals surface area contributed by atoms with Crippen molar-refractivity contribution in [1.29, 1.82) is 0 Å². The zero-order chi connectivity index (χ0) is 10.6. The molecule has 6 nitrogen and oxygen atoms in total. The summed E-state index contributed by atoms with van der Waals surface area (Å²) in [5, 5.41) is 4.66. The number of pyridine rings is 1. The Morgan fingerprint density at radius 2 is 2.29 bits per heavy atom. The molecular weight excluding hydrogens is 208 g/mol. The minimum absolute atomic E-state index is 0.185. The molecule has 0 atom stereocenters. The van der Waals surface area contributed by atoms with Gasteiger partial charge >= 0.3 is 10.3 Å². The van der Waals surface area contributed by atoms with E-state index in [-0.39, 0.29) is 6.61 Å². The summed E-state index contributed by atoms with van der Waals surface area (Å²) in [6, 6.07) is 3.28. The van der Waals surface area contributed by atoms with Crippen molar-refractivity contribution in [3.05, 3.63) is 23.9 Å². The van der Waals surface area contributed by atoms with Crippen molar-refractivity contribution in [3.63, 3.8) is 0 Å². The number of nitrogens with zero attached hydrogens (tertiary/aromatic N) is 1. The van der Waals surface area contributed by atoms with E-state index >= 15 is 0 Å². The molecule has 14 heavy (non-hydrogen) atoms. The van der Waals surface area contributed by atoms with Crippen molar-refractivity contribution in [2.45, 2.75) is 6.61 Å². The predicted octanol–water partition coefficient (Wildman–Crippen LogP) is -0.190. The van der Waals surface area contributed by atoms with Gasteiger partial charge in [0, 0.05) is 11.8 Å². The molecule has 7 heteroatoms. The topological polar surface area (TPSA) is 91.5 Å². The van der Waals surface area contributed by atoms with E-state index in [1.165, 1.54) is 13.3 Å². The van der Waals surface area contributed by atoms with E-state index in [1.54, 1.807) is 12.1 Å². The fraction of sp³-hybridized carbons (Fsp3) is 0.286. The SMILES string of the molecule is COc1ncccc1COS(N)(=O)=O. The van der Waals surface area contributed by atoms with Gasteiger partial charge in [-0.05, 0) is 12.1 Å². The molecule has 1 aromatic rings. The summed E-state index contributed by atoms with van der Waals surface area (Å²) < 4.78 is 30.3. The maximum Gasteiger partial charge on any atom is 0.333 e. The van der Waals surface area contributed by atoms with Crippen LogP contribution in [-0.4, -0.2) is 20.5 Å². The number of rotatable bonds is 4. The monoisotopic (exact) mass is 218 g/mol. The largest absolute Gasteiger partial charge is 0.481 e. The quantitative estimate of drug-likeness (QED) is 0.756. The molecule has 0 fully saturated rings. The lowest BCUT2D eigenvalue weighted by Crippen LogP contribution is -2.15. The van der Waals surface area contributed by atoms with Gasteiger partial charge in [0.25, 0.3) is 0 Å². The number of hydrogen-bond acceptors (Lipinski definition) is 5. The van der Waals surface area contributed by atoms with Gasteiger partial charge in [-0.25, -0.2) is 10.1 Å². The van der Waals surface area contributed by atoms with Crippen LogP contribution in [-0.2, 0) is 21.1 Å². The molecule has 0 aliphatic heterocycles. The summed E-state index contributed by atoms with van der Waals surface area (Å²) in [6.45, 7) is -0.185. The molecule has 0 saturated carbocycles. The van der Waals surface area contributed by atoms with E-state index in [4.69, 9.17) is 4.74 Å². The van der Waals surface area contributed by atoms with Crippen molar-refractivity contribution in [1.82, 2.24) is 4.98 Å². The van der Waals surface area contributed by atoms with Gasteiger partial charge in [-0.2, -0.15) is 8.42 Å². The third kappa shape index (κ3) is 3.29. The highest BCUT2D eigenvalue weighted by atomic mass is 32.2. The average molecular weight is 218 g/mol. The second-order valence-corrected chi connectivity index (χ2v) is 3.65. The van der Waals surface area contributed by atoms with Gasteiger partial charge in [-0.3, -0.25) is 4.18 Å². The molecule has 78 valence electrons. The Labute approximate surface area is 81.9 Å². The van der Waals surface area contributed by atoms with E-state index < -0.39 is 10.3 Å². The lowest BCUT2D eigenvalue weighted by atomic mass is 10.3. The first kappa shape index (κ1) is 10.9. The van der Waals surface area contributed by atoms with Gasteiger partial charge in [0.1, 0.15) is 0 Å². The maximum absolute atomic E-state index is 10.5. The molecule has 1 aromatic heterocycles. The van der Waals surface area contributed by atoms with Gasteiger partial charge < -0.3 is 4.74 Å². The van der Waals surface area contributed by atoms with E-state index in [1.807, 2.05) is 0 Å². The van der Waals surface area contributed by atoms with Gasteiger partial charge in [-0.15, -0.1) is 0 Å². The van der Waals surface area contributed by atoms with Crippen LogP contribution >= 0.6 is 0 Å². The molecule has 0 radical (unpaired) electrons. The number of aromatic nitrogens is 1. The fourth-order valence-electron chi connectivity index (χ4n) is 0.863. The third-order valence-electron chi connectivity index (χ3n) is 1.42. The number of hydrogen-bond donors (Lipinski definition) is 1. The lowest BCUT2D eigenvalue weighted by Gasteiger charge is -2.05. The molecule has 1 heterocycles. The summed E-state index contributed by atoms with van der Waals surface area (Å²) in [7, 11) is -2.50. The van der Waals surface area contributed by atoms with Crippen molar-refractivity contribution in [2.75, 3.05) is 7.11 Å². The Morgan fingerprint density at radius 1 is 1.57 bits per heavy atom. The van der Waals surface area contributed by atoms with Gasteiger partial charge in [0.05, 0.1) is 13.7 Å². The van der Waals surface area contributed by atoms with Crippen LogP contribution in [0.25, 0.3) is 0 Å². The van der Waals surface area contributed by atoms with Crippen molar-refractivity contribution < 1.29 is 17.3 Å². The van der Waals surface area contributed by atoms with Crippen molar-refractivity contribution in [2.24, 2.45) is 5.14 Å². The Bertz CT molecular complexity index is 404. The molecule has 0 bridgehead atoms. The van der Waals surface area contributed by atoms with E-state index in [2.05, 4.69) is 14.3 Å². The zero-order valence-electron chi connectivity index (χ0n) is 7.50. The first-order valence-electron chi connectivity index (χ1n) is 3.68. The molecule has 0 unspecified atom stereocenters. The molecule has 0 aliphatic carbocycles. The molecular formula is C7H10N2O4S. The van der Waals surface area contributed by atoms with Gasteiger partial charge in [0.15, 0.2) is 0 Å². The standard InChI is InChI=1S/C7H10N2O4S/c1-12-7-6(3-2-4-9-7)5-13-14(8,10)11/h2-4H,5H2,1H3,(H2,8,10,11). The van der Waals surface area contributed by atoms with Crippen LogP contribution < -0.4 is 9.88 Å². The van der Waals surface area contributed by atoms with Crippen LogP contribution in [0.3, 0.4) is 0 Å². The minimum atomic E-state index is -3.93. The molecule has 0 aliphatic rings. The van der Waals surface area contributed by atoms with E-state index in [0.717, 1.165) is 0 Å². The summed E-state index contributed by atoms with van der Waals surface area (Å²) >= 11 is 0. The van der Waals surface area contributed by atoms with Crippen LogP contribution in [0.2, 0.25) is 0 Å². The molecule has 2 N–H and O–H groups in total. The highest BCUT2D eigenvalue weighted by Crippen LogP contribution is 2.14. The van der Waals surface area contributed by atoms with Crippen LogP contribution in [0.5, 0.6) is 5.88 Å². The van der Waals surface area contributed by atoms with Crippen LogP contribution in [0, 0.1) is 0 Å².